The summed E-state index contributed by atoms with van der Waals surface area (Å²) >= 11 is 0. The molecule has 2 nitrogen and oxygen atoms in total. The minimum atomic E-state index is -0.817. The van der Waals surface area contributed by atoms with Crippen molar-refractivity contribution in [2.75, 3.05) is 13.1 Å². The van der Waals surface area contributed by atoms with Crippen molar-refractivity contribution >= 4 is 0 Å². The molecule has 60 valence electrons. The molecule has 1 aliphatic heterocycles. The molecule has 3 heteroatoms. The molecule has 2 atom stereocenters. The number of ether oxygens (including phenoxy) is 1. The topological polar surface area (TPSA) is 21.3 Å². The molecule has 0 saturated carbocycles. The van der Waals surface area contributed by atoms with Crippen LogP contribution in [0.2, 0.25) is 0 Å². The van der Waals surface area contributed by atoms with E-state index in [1.54, 1.807) is 0 Å². The lowest BCUT2D eigenvalue weighted by Crippen LogP contribution is -2.26. The number of alkyl halides is 1. The van der Waals surface area contributed by atoms with Gasteiger partial charge in [0.1, 0.15) is 12.3 Å². The second-order valence-corrected chi connectivity index (χ2v) is 2.90. The van der Waals surface area contributed by atoms with E-state index in [-0.39, 0.29) is 12.2 Å². The fourth-order valence-electron chi connectivity index (χ4n) is 1.11. The third-order valence-corrected chi connectivity index (χ3v) is 1.54. The predicted molar refractivity (Wildman–Crippen MR) is 37.8 cm³/mol. The van der Waals surface area contributed by atoms with Crippen molar-refractivity contribution in [3.8, 4) is 0 Å². The van der Waals surface area contributed by atoms with E-state index in [9.17, 15) is 4.39 Å². The molecule has 1 saturated heterocycles. The highest BCUT2D eigenvalue weighted by molar-refractivity contribution is 4.81. The molecule has 0 aliphatic carbocycles. The van der Waals surface area contributed by atoms with Crippen LogP contribution < -0.4 is 5.32 Å². The van der Waals surface area contributed by atoms with Crippen molar-refractivity contribution in [2.24, 2.45) is 0 Å². The maximum absolute atomic E-state index is 12.8. The lowest BCUT2D eigenvalue weighted by Gasteiger charge is -2.15. The summed E-state index contributed by atoms with van der Waals surface area (Å²) < 4.78 is 18.0. The summed E-state index contributed by atoms with van der Waals surface area (Å²) in [6.45, 7) is 4.94. The summed E-state index contributed by atoms with van der Waals surface area (Å²) in [7, 11) is 0. The molecular formula is C7H14FNO. The molecule has 0 amide bonds. The van der Waals surface area contributed by atoms with Crippen LogP contribution in [0.1, 0.15) is 13.8 Å². The number of nitrogens with one attached hydrogen (secondary N) is 1. The summed E-state index contributed by atoms with van der Waals surface area (Å²) in [6.07, 6.45) is -0.912. The second-order valence-electron chi connectivity index (χ2n) is 2.90. The maximum atomic E-state index is 12.8. The smallest absolute Gasteiger partial charge is 0.140 e. The van der Waals surface area contributed by atoms with Crippen LogP contribution in [0.5, 0.6) is 0 Å². The molecule has 1 N–H and O–H groups in total. The summed E-state index contributed by atoms with van der Waals surface area (Å²) in [4.78, 5) is 0. The minimum absolute atomic E-state index is 0.128. The molecule has 0 aromatic rings. The molecule has 0 aromatic carbocycles. The average molecular weight is 147 g/mol. The first kappa shape index (κ1) is 7.95. The third-order valence-electron chi connectivity index (χ3n) is 1.54. The number of rotatable bonds is 2. The van der Waals surface area contributed by atoms with Crippen LogP contribution >= 0.6 is 0 Å². The summed E-state index contributed by atoms with van der Waals surface area (Å²) in [5.41, 5.74) is 0. The molecule has 0 radical (unpaired) electrons. The Morgan fingerprint density at radius 2 is 2.20 bits per heavy atom. The van der Waals surface area contributed by atoms with Crippen molar-refractivity contribution in [2.45, 2.75) is 32.2 Å². The lowest BCUT2D eigenvalue weighted by atomic mass is 10.3. The maximum Gasteiger partial charge on any atom is 0.140 e. The molecule has 0 spiro atoms. The highest BCUT2D eigenvalue weighted by atomic mass is 19.1. The van der Waals surface area contributed by atoms with Gasteiger partial charge in [0.2, 0.25) is 0 Å². The van der Waals surface area contributed by atoms with Crippen LogP contribution in [-0.2, 0) is 4.74 Å². The van der Waals surface area contributed by atoms with Crippen molar-refractivity contribution < 1.29 is 9.13 Å². The van der Waals surface area contributed by atoms with E-state index in [4.69, 9.17) is 4.74 Å². The first-order valence-electron chi connectivity index (χ1n) is 3.70. The zero-order valence-electron chi connectivity index (χ0n) is 6.43. The minimum Gasteiger partial charge on any atom is -0.371 e. The highest BCUT2D eigenvalue weighted by Crippen LogP contribution is 2.10. The van der Waals surface area contributed by atoms with Gasteiger partial charge in [-0.2, -0.15) is 0 Å². The van der Waals surface area contributed by atoms with E-state index >= 15 is 0 Å². The lowest BCUT2D eigenvalue weighted by molar-refractivity contribution is -0.0135. The van der Waals surface area contributed by atoms with Gasteiger partial charge in [-0.15, -0.1) is 0 Å². The Morgan fingerprint density at radius 1 is 1.50 bits per heavy atom. The molecule has 0 unspecified atom stereocenters. The van der Waals surface area contributed by atoms with Gasteiger partial charge in [0.15, 0.2) is 0 Å². The van der Waals surface area contributed by atoms with Crippen LogP contribution in [0.4, 0.5) is 4.39 Å². The van der Waals surface area contributed by atoms with Gasteiger partial charge in [0, 0.05) is 13.1 Å². The largest absolute Gasteiger partial charge is 0.371 e. The summed E-state index contributed by atoms with van der Waals surface area (Å²) in [6, 6.07) is 0. The van der Waals surface area contributed by atoms with Crippen molar-refractivity contribution in [1.82, 2.24) is 5.32 Å². The standard InChI is InChI=1S/C7H14FNO/c1-5(2)10-7-4-9-3-6(7)8/h5-7,9H,3-4H2,1-2H3/t6-,7+/m1/s1. The quantitative estimate of drug-likeness (QED) is 0.621. The molecule has 0 aromatic heterocycles. The monoisotopic (exact) mass is 147 g/mol. The van der Waals surface area contributed by atoms with Crippen LogP contribution in [0.3, 0.4) is 0 Å². The molecular weight excluding hydrogens is 133 g/mol. The van der Waals surface area contributed by atoms with Crippen LogP contribution in [0, 0.1) is 0 Å². The zero-order valence-corrected chi connectivity index (χ0v) is 6.43. The number of hydrogen-bond acceptors (Lipinski definition) is 2. The van der Waals surface area contributed by atoms with E-state index in [0.717, 1.165) is 0 Å². The van der Waals surface area contributed by atoms with Gasteiger partial charge in [-0.1, -0.05) is 0 Å². The first-order valence-corrected chi connectivity index (χ1v) is 3.70. The average Bonchev–Trinajstić information content (AvgIpc) is 2.15. The number of hydrogen-bond donors (Lipinski definition) is 1. The number of halogens is 1. The van der Waals surface area contributed by atoms with Crippen molar-refractivity contribution in [3.63, 3.8) is 0 Å². The van der Waals surface area contributed by atoms with Gasteiger partial charge in [-0.3, -0.25) is 0 Å². The van der Waals surface area contributed by atoms with E-state index in [2.05, 4.69) is 5.32 Å². The molecule has 0 bridgehead atoms. The van der Waals surface area contributed by atoms with Crippen molar-refractivity contribution in [1.29, 1.82) is 0 Å². The van der Waals surface area contributed by atoms with Gasteiger partial charge < -0.3 is 10.1 Å². The van der Waals surface area contributed by atoms with Gasteiger partial charge in [0.05, 0.1) is 6.10 Å². The van der Waals surface area contributed by atoms with Gasteiger partial charge in [0.25, 0.3) is 0 Å². The Labute approximate surface area is 60.8 Å². The molecule has 1 fully saturated rings. The normalized spacial score (nSPS) is 33.6. The van der Waals surface area contributed by atoms with E-state index < -0.39 is 6.17 Å². The van der Waals surface area contributed by atoms with Crippen molar-refractivity contribution in [3.05, 3.63) is 0 Å². The molecule has 10 heavy (non-hydrogen) atoms. The van der Waals surface area contributed by atoms with Crippen LogP contribution in [-0.4, -0.2) is 31.5 Å². The fourth-order valence-corrected chi connectivity index (χ4v) is 1.11. The van der Waals surface area contributed by atoms with E-state index in [1.165, 1.54) is 0 Å². The molecule has 1 aliphatic rings. The van der Waals surface area contributed by atoms with E-state index in [1.807, 2.05) is 13.8 Å². The molecule has 1 heterocycles. The van der Waals surface area contributed by atoms with Crippen LogP contribution in [0.25, 0.3) is 0 Å². The Balaban J connectivity index is 2.26. The predicted octanol–water partition coefficient (Wildman–Crippen LogP) is 0.721. The second kappa shape index (κ2) is 3.30. The molecule has 1 rings (SSSR count). The fraction of sp³-hybridized carbons (Fsp3) is 1.00. The van der Waals surface area contributed by atoms with Gasteiger partial charge in [-0.25, -0.2) is 4.39 Å². The Hall–Kier alpha value is -0.150. The highest BCUT2D eigenvalue weighted by Gasteiger charge is 2.27. The third kappa shape index (κ3) is 1.92. The Morgan fingerprint density at radius 3 is 2.60 bits per heavy atom. The SMILES string of the molecule is CC(C)O[C@H]1CNC[C@H]1F. The Kier molecular flexibility index (Phi) is 2.63. The van der Waals surface area contributed by atoms with E-state index in [0.29, 0.717) is 13.1 Å². The van der Waals surface area contributed by atoms with Gasteiger partial charge >= 0.3 is 0 Å². The summed E-state index contributed by atoms with van der Waals surface area (Å²) in [5.74, 6) is 0. The van der Waals surface area contributed by atoms with Crippen LogP contribution in [0.15, 0.2) is 0 Å². The zero-order chi connectivity index (χ0) is 7.56. The first-order chi connectivity index (χ1) is 4.70. The summed E-state index contributed by atoms with van der Waals surface area (Å²) in [5, 5.41) is 2.93. The van der Waals surface area contributed by atoms with Gasteiger partial charge in [-0.05, 0) is 13.8 Å². The Bertz CT molecular complexity index is 108.